The predicted octanol–water partition coefficient (Wildman–Crippen LogP) is 2.89. The molecule has 30 heavy (non-hydrogen) atoms. The summed E-state index contributed by atoms with van der Waals surface area (Å²) in [4.78, 5) is 17.9. The fraction of sp³-hybridized carbons (Fsp3) is 0.273. The Bertz CT molecular complexity index is 1120. The van der Waals surface area contributed by atoms with E-state index in [1.807, 2.05) is 31.3 Å². The molecule has 3 aromatic heterocycles. The number of nitrogens with zero attached hydrogens (tertiary/aromatic N) is 7. The van der Waals surface area contributed by atoms with Crippen molar-refractivity contribution in [2.24, 2.45) is 0 Å². The zero-order chi connectivity index (χ0) is 20.3. The highest BCUT2D eigenvalue weighted by atomic mass is 15.4. The average Bonchev–Trinajstić information content (AvgIpc) is 3.25. The molecular formula is C22H24N8. The van der Waals surface area contributed by atoms with Crippen molar-refractivity contribution in [3.8, 4) is 0 Å². The van der Waals surface area contributed by atoms with E-state index < -0.39 is 0 Å². The van der Waals surface area contributed by atoms with E-state index >= 15 is 0 Å². The molecular weight excluding hydrogens is 376 g/mol. The lowest BCUT2D eigenvalue weighted by atomic mass is 10.1. The van der Waals surface area contributed by atoms with Crippen LogP contribution < -0.4 is 10.2 Å². The minimum Gasteiger partial charge on any atom is -0.354 e. The predicted molar refractivity (Wildman–Crippen MR) is 117 cm³/mol. The molecule has 0 spiro atoms. The van der Waals surface area contributed by atoms with E-state index in [0.717, 1.165) is 55.7 Å². The lowest BCUT2D eigenvalue weighted by Gasteiger charge is -2.35. The Hall–Kier alpha value is -3.52. The van der Waals surface area contributed by atoms with Gasteiger partial charge in [0.2, 0.25) is 0 Å². The minimum absolute atomic E-state index is 0.596. The molecule has 5 rings (SSSR count). The molecule has 0 unspecified atom stereocenters. The molecule has 0 atom stereocenters. The van der Waals surface area contributed by atoms with Crippen molar-refractivity contribution in [1.29, 1.82) is 0 Å². The lowest BCUT2D eigenvalue weighted by molar-refractivity contribution is 0.249. The summed E-state index contributed by atoms with van der Waals surface area (Å²) < 4.78 is 1.71. The molecule has 4 heterocycles. The Balaban J connectivity index is 1.20. The van der Waals surface area contributed by atoms with Crippen molar-refractivity contribution in [2.45, 2.75) is 13.5 Å². The van der Waals surface area contributed by atoms with Crippen LogP contribution in [0.3, 0.4) is 0 Å². The molecule has 4 aromatic rings. The molecule has 1 N–H and O–H groups in total. The highest BCUT2D eigenvalue weighted by Gasteiger charge is 2.17. The van der Waals surface area contributed by atoms with Crippen molar-refractivity contribution in [3.05, 3.63) is 72.3 Å². The van der Waals surface area contributed by atoms with Gasteiger partial charge >= 0.3 is 0 Å². The first-order chi connectivity index (χ1) is 14.7. The number of aromatic nitrogens is 5. The van der Waals surface area contributed by atoms with Gasteiger partial charge < -0.3 is 10.2 Å². The first-order valence-corrected chi connectivity index (χ1v) is 10.2. The van der Waals surface area contributed by atoms with Crippen LogP contribution in [0.2, 0.25) is 0 Å². The van der Waals surface area contributed by atoms with Crippen LogP contribution >= 0.6 is 0 Å². The van der Waals surface area contributed by atoms with Crippen LogP contribution in [-0.4, -0.2) is 55.6 Å². The number of fused-ring (bicyclic) bond motifs is 1. The molecule has 1 aliphatic heterocycles. The minimum atomic E-state index is 0.596. The first kappa shape index (κ1) is 18.5. The van der Waals surface area contributed by atoms with Crippen molar-refractivity contribution in [1.82, 2.24) is 29.5 Å². The number of nitrogens with one attached hydrogen (secondary N) is 1. The number of pyridine rings is 1. The number of benzene rings is 1. The summed E-state index contributed by atoms with van der Waals surface area (Å²) in [6.07, 6.45) is 3.38. The summed E-state index contributed by atoms with van der Waals surface area (Å²) >= 11 is 0. The van der Waals surface area contributed by atoms with Gasteiger partial charge in [0.25, 0.3) is 5.78 Å². The maximum absolute atomic E-state index is 4.46. The Morgan fingerprint density at radius 2 is 1.80 bits per heavy atom. The maximum atomic E-state index is 4.46. The van der Waals surface area contributed by atoms with Gasteiger partial charge in [0, 0.05) is 56.4 Å². The third kappa shape index (κ3) is 3.95. The Kier molecular flexibility index (Phi) is 4.98. The van der Waals surface area contributed by atoms with Crippen LogP contribution in [0.4, 0.5) is 17.3 Å². The SMILES string of the molecule is Cc1cc(Nc2ccc(CN3CCN(c4ccccn4)CC3)cc2)n2ncnc2n1. The molecule has 1 aliphatic rings. The Morgan fingerprint density at radius 1 is 0.967 bits per heavy atom. The molecule has 1 saturated heterocycles. The monoisotopic (exact) mass is 400 g/mol. The van der Waals surface area contributed by atoms with E-state index in [4.69, 9.17) is 0 Å². The summed E-state index contributed by atoms with van der Waals surface area (Å²) in [7, 11) is 0. The van der Waals surface area contributed by atoms with Gasteiger partial charge in [-0.1, -0.05) is 18.2 Å². The largest absolute Gasteiger partial charge is 0.354 e. The fourth-order valence-electron chi connectivity index (χ4n) is 3.80. The average molecular weight is 400 g/mol. The van der Waals surface area contributed by atoms with Gasteiger partial charge in [0.05, 0.1) is 0 Å². The second-order valence-electron chi connectivity index (χ2n) is 7.53. The summed E-state index contributed by atoms with van der Waals surface area (Å²) in [5.74, 6) is 2.52. The summed E-state index contributed by atoms with van der Waals surface area (Å²) in [6.45, 7) is 7.00. The van der Waals surface area contributed by atoms with Crippen molar-refractivity contribution >= 4 is 23.1 Å². The normalized spacial score (nSPS) is 14.9. The zero-order valence-electron chi connectivity index (χ0n) is 16.9. The third-order valence-corrected chi connectivity index (χ3v) is 5.36. The molecule has 0 saturated carbocycles. The molecule has 8 heteroatoms. The van der Waals surface area contributed by atoms with E-state index in [9.17, 15) is 0 Å². The standard InChI is InChI=1S/C22H24N8/c1-17-14-21(30-22(26-17)24-16-25-30)27-19-7-5-18(6-8-19)15-28-10-12-29(13-11-28)20-4-2-3-9-23-20/h2-9,14,16,27H,10-13,15H2,1H3. The van der Waals surface area contributed by atoms with Gasteiger partial charge in [-0.05, 0) is 36.8 Å². The molecule has 0 bridgehead atoms. The zero-order valence-corrected chi connectivity index (χ0v) is 16.9. The van der Waals surface area contributed by atoms with E-state index in [2.05, 4.69) is 65.5 Å². The van der Waals surface area contributed by atoms with E-state index in [1.54, 1.807) is 4.52 Å². The van der Waals surface area contributed by atoms with Gasteiger partial charge in [-0.15, -0.1) is 0 Å². The lowest BCUT2D eigenvalue weighted by Crippen LogP contribution is -2.46. The number of hydrogen-bond donors (Lipinski definition) is 1. The molecule has 0 amide bonds. The van der Waals surface area contributed by atoms with Crippen LogP contribution in [0, 0.1) is 6.92 Å². The first-order valence-electron chi connectivity index (χ1n) is 10.2. The van der Waals surface area contributed by atoms with Crippen LogP contribution in [0.5, 0.6) is 0 Å². The molecule has 8 nitrogen and oxygen atoms in total. The van der Waals surface area contributed by atoms with Crippen molar-refractivity contribution in [3.63, 3.8) is 0 Å². The van der Waals surface area contributed by atoms with Gasteiger partial charge in [0.15, 0.2) is 0 Å². The summed E-state index contributed by atoms with van der Waals surface area (Å²) in [5, 5.41) is 7.67. The van der Waals surface area contributed by atoms with Crippen molar-refractivity contribution in [2.75, 3.05) is 36.4 Å². The number of aryl methyl sites for hydroxylation is 1. The molecule has 0 radical (unpaired) electrons. The van der Waals surface area contributed by atoms with Gasteiger partial charge in [-0.3, -0.25) is 4.90 Å². The van der Waals surface area contributed by atoms with Crippen LogP contribution in [-0.2, 0) is 6.54 Å². The number of anilines is 3. The van der Waals surface area contributed by atoms with E-state index in [0.29, 0.717) is 5.78 Å². The summed E-state index contributed by atoms with van der Waals surface area (Å²) in [5.41, 5.74) is 3.23. The summed E-state index contributed by atoms with van der Waals surface area (Å²) in [6, 6.07) is 16.6. The maximum Gasteiger partial charge on any atom is 0.254 e. The fourth-order valence-corrected chi connectivity index (χ4v) is 3.80. The molecule has 152 valence electrons. The van der Waals surface area contributed by atoms with Crippen LogP contribution in [0.1, 0.15) is 11.3 Å². The third-order valence-electron chi connectivity index (χ3n) is 5.36. The number of hydrogen-bond acceptors (Lipinski definition) is 7. The quantitative estimate of drug-likeness (QED) is 0.552. The number of piperazine rings is 1. The van der Waals surface area contributed by atoms with Crippen molar-refractivity contribution < 1.29 is 0 Å². The Morgan fingerprint density at radius 3 is 2.57 bits per heavy atom. The van der Waals surface area contributed by atoms with Gasteiger partial charge in [0.1, 0.15) is 18.0 Å². The number of rotatable bonds is 5. The molecule has 1 aromatic carbocycles. The van der Waals surface area contributed by atoms with Gasteiger partial charge in [-0.25, -0.2) is 9.97 Å². The Labute approximate surface area is 175 Å². The second kappa shape index (κ2) is 8.08. The topological polar surface area (TPSA) is 74.5 Å². The molecule has 0 aliphatic carbocycles. The highest BCUT2D eigenvalue weighted by molar-refractivity contribution is 5.59. The second-order valence-corrected chi connectivity index (χ2v) is 7.53. The van der Waals surface area contributed by atoms with Crippen LogP contribution in [0.25, 0.3) is 5.78 Å². The van der Waals surface area contributed by atoms with E-state index in [-0.39, 0.29) is 0 Å². The van der Waals surface area contributed by atoms with Gasteiger partial charge in [-0.2, -0.15) is 14.6 Å². The highest BCUT2D eigenvalue weighted by Crippen LogP contribution is 2.19. The smallest absolute Gasteiger partial charge is 0.254 e. The molecule has 1 fully saturated rings. The van der Waals surface area contributed by atoms with Crippen LogP contribution in [0.15, 0.2) is 61.1 Å². The van der Waals surface area contributed by atoms with E-state index in [1.165, 1.54) is 11.9 Å².